The molecule has 4 aromatic rings. The van der Waals surface area contributed by atoms with Crippen molar-refractivity contribution in [3.63, 3.8) is 0 Å². The summed E-state index contributed by atoms with van der Waals surface area (Å²) >= 11 is 0. The number of hydrogen-bond donors (Lipinski definition) is 0. The molecule has 0 radical (unpaired) electrons. The average molecular weight is 494 g/mol. The van der Waals surface area contributed by atoms with Gasteiger partial charge in [-0.25, -0.2) is 9.97 Å². The Labute approximate surface area is 206 Å². The number of rotatable bonds is 4. The largest absolute Gasteiger partial charge is 0.433 e. The molecule has 0 unspecified atom stereocenters. The number of pyridine rings is 3. The van der Waals surface area contributed by atoms with Crippen LogP contribution in [0.15, 0.2) is 42.9 Å². The van der Waals surface area contributed by atoms with Crippen molar-refractivity contribution in [1.82, 2.24) is 24.7 Å². The maximum absolute atomic E-state index is 13.1. The standard InChI is InChI=1S/C27H26F3N5O/c1-15-9-22-21(18-3-6-25(31-12-18)27(28,29)30)11-23(34-26(22)33-16(15)2)17-7-8-36-24(10-17)19-13-32-35(14-19)20-4-5-20/h3,6,9,11-14,17,20,24H,4-5,7-8,10H2,1-2H3/t17-,24+/m0/s1. The highest BCUT2D eigenvalue weighted by Crippen LogP contribution is 2.41. The van der Waals surface area contributed by atoms with E-state index in [2.05, 4.69) is 16.3 Å². The Bertz CT molecular complexity index is 1430. The van der Waals surface area contributed by atoms with Gasteiger partial charge in [-0.2, -0.15) is 18.3 Å². The predicted octanol–water partition coefficient (Wildman–Crippen LogP) is 6.49. The Kier molecular flexibility index (Phi) is 5.55. The van der Waals surface area contributed by atoms with E-state index in [1.165, 1.54) is 25.1 Å². The molecule has 4 aromatic heterocycles. The Hall–Kier alpha value is -3.33. The van der Waals surface area contributed by atoms with Crippen molar-refractivity contribution in [3.05, 3.63) is 71.1 Å². The Morgan fingerprint density at radius 1 is 1.03 bits per heavy atom. The second-order valence-electron chi connectivity index (χ2n) is 9.85. The van der Waals surface area contributed by atoms with Crippen molar-refractivity contribution in [2.24, 2.45) is 0 Å². The summed E-state index contributed by atoms with van der Waals surface area (Å²) < 4.78 is 47.4. The molecule has 0 N–H and O–H groups in total. The molecule has 1 saturated carbocycles. The van der Waals surface area contributed by atoms with Crippen molar-refractivity contribution >= 4 is 11.0 Å². The van der Waals surface area contributed by atoms with Crippen LogP contribution < -0.4 is 0 Å². The lowest BCUT2D eigenvalue weighted by Gasteiger charge is -2.29. The minimum atomic E-state index is -4.48. The van der Waals surface area contributed by atoms with Crippen molar-refractivity contribution in [2.75, 3.05) is 6.61 Å². The zero-order valence-electron chi connectivity index (χ0n) is 20.1. The number of alkyl halides is 3. The Balaban J connectivity index is 1.38. The van der Waals surface area contributed by atoms with Gasteiger partial charge in [0.25, 0.3) is 0 Å². The van der Waals surface area contributed by atoms with Gasteiger partial charge in [0, 0.05) is 52.8 Å². The zero-order chi connectivity index (χ0) is 25.0. The van der Waals surface area contributed by atoms with E-state index in [0.717, 1.165) is 52.4 Å². The fourth-order valence-electron chi connectivity index (χ4n) is 4.88. The van der Waals surface area contributed by atoms with Crippen molar-refractivity contribution in [3.8, 4) is 11.1 Å². The SMILES string of the molecule is Cc1cc2c(-c3ccc(C(F)(F)F)nc3)cc([C@H]3CCO[C@@H](c4cnn(C5CC5)c4)C3)nc2nc1C. The van der Waals surface area contributed by atoms with Crippen molar-refractivity contribution in [2.45, 2.75) is 63.8 Å². The lowest BCUT2D eigenvalue weighted by Crippen LogP contribution is -2.19. The third-order valence-corrected chi connectivity index (χ3v) is 7.24. The molecule has 186 valence electrons. The number of nitrogens with zero attached hydrogens (tertiary/aromatic N) is 5. The molecular formula is C27H26F3N5O. The molecule has 6 rings (SSSR count). The summed E-state index contributed by atoms with van der Waals surface area (Å²) in [4.78, 5) is 13.3. The topological polar surface area (TPSA) is 65.7 Å². The number of aromatic nitrogens is 5. The fourth-order valence-corrected chi connectivity index (χ4v) is 4.88. The van der Waals surface area contributed by atoms with E-state index in [9.17, 15) is 13.2 Å². The van der Waals surface area contributed by atoms with Gasteiger partial charge in [-0.3, -0.25) is 9.67 Å². The second-order valence-corrected chi connectivity index (χ2v) is 9.85. The van der Waals surface area contributed by atoms with Crippen LogP contribution in [0.25, 0.3) is 22.2 Å². The first-order valence-corrected chi connectivity index (χ1v) is 12.2. The molecule has 5 heterocycles. The van der Waals surface area contributed by atoms with Crippen LogP contribution in [0.2, 0.25) is 0 Å². The summed E-state index contributed by atoms with van der Waals surface area (Å²) in [5, 5.41) is 5.32. The van der Waals surface area contributed by atoms with Crippen molar-refractivity contribution < 1.29 is 17.9 Å². The first-order valence-electron chi connectivity index (χ1n) is 12.2. The van der Waals surface area contributed by atoms with E-state index >= 15 is 0 Å². The zero-order valence-corrected chi connectivity index (χ0v) is 20.1. The molecule has 1 aliphatic carbocycles. The van der Waals surface area contributed by atoms with Gasteiger partial charge in [0.15, 0.2) is 5.65 Å². The van der Waals surface area contributed by atoms with Crippen LogP contribution in [-0.4, -0.2) is 31.3 Å². The highest BCUT2D eigenvalue weighted by atomic mass is 19.4. The van der Waals surface area contributed by atoms with Crippen LogP contribution in [0.1, 0.15) is 72.0 Å². The summed E-state index contributed by atoms with van der Waals surface area (Å²) in [6.45, 7) is 4.50. The second kappa shape index (κ2) is 8.65. The maximum Gasteiger partial charge on any atom is 0.433 e. The molecule has 2 atom stereocenters. The van der Waals surface area contributed by atoms with Crippen molar-refractivity contribution in [1.29, 1.82) is 0 Å². The molecule has 6 nitrogen and oxygen atoms in total. The maximum atomic E-state index is 13.1. The summed E-state index contributed by atoms with van der Waals surface area (Å²) in [6, 6.07) is 7.00. The number of aryl methyl sites for hydroxylation is 2. The molecule has 36 heavy (non-hydrogen) atoms. The van der Waals surface area contributed by atoms with E-state index in [-0.39, 0.29) is 12.0 Å². The average Bonchev–Trinajstić information content (AvgIpc) is 3.60. The molecule has 0 spiro atoms. The van der Waals surface area contributed by atoms with Crippen LogP contribution in [0.4, 0.5) is 13.2 Å². The van der Waals surface area contributed by atoms with Crippen LogP contribution >= 0.6 is 0 Å². The lowest BCUT2D eigenvalue weighted by atomic mass is 9.88. The van der Waals surface area contributed by atoms with E-state index in [1.807, 2.05) is 36.9 Å². The van der Waals surface area contributed by atoms with Gasteiger partial charge in [-0.1, -0.05) is 6.07 Å². The van der Waals surface area contributed by atoms with Gasteiger partial charge < -0.3 is 4.74 Å². The van der Waals surface area contributed by atoms with Gasteiger partial charge >= 0.3 is 6.18 Å². The van der Waals surface area contributed by atoms with Gasteiger partial charge in [-0.15, -0.1) is 0 Å². The summed E-state index contributed by atoms with van der Waals surface area (Å²) in [6.07, 6.45) is 4.62. The van der Waals surface area contributed by atoms with Gasteiger partial charge in [0.1, 0.15) is 5.69 Å². The molecule has 1 aliphatic heterocycles. The Morgan fingerprint density at radius 2 is 1.86 bits per heavy atom. The molecule has 2 fully saturated rings. The first kappa shape index (κ1) is 23.1. The molecule has 9 heteroatoms. The molecular weight excluding hydrogens is 467 g/mol. The van der Waals surface area contributed by atoms with Crippen LogP contribution in [-0.2, 0) is 10.9 Å². The third-order valence-electron chi connectivity index (χ3n) is 7.24. The highest BCUT2D eigenvalue weighted by Gasteiger charge is 2.33. The normalized spacial score (nSPS) is 20.7. The highest BCUT2D eigenvalue weighted by molar-refractivity contribution is 5.93. The number of fused-ring (bicyclic) bond motifs is 1. The van der Waals surface area contributed by atoms with Crippen LogP contribution in [0, 0.1) is 13.8 Å². The van der Waals surface area contributed by atoms with Crippen LogP contribution in [0.5, 0.6) is 0 Å². The van der Waals surface area contributed by atoms with E-state index < -0.39 is 11.9 Å². The summed E-state index contributed by atoms with van der Waals surface area (Å²) in [5.41, 5.74) is 4.90. The molecule has 0 bridgehead atoms. The van der Waals surface area contributed by atoms with Gasteiger partial charge in [-0.05, 0) is 68.9 Å². The van der Waals surface area contributed by atoms with E-state index in [4.69, 9.17) is 14.7 Å². The number of halogens is 3. The first-order chi connectivity index (χ1) is 17.3. The smallest absolute Gasteiger partial charge is 0.373 e. The lowest BCUT2D eigenvalue weighted by molar-refractivity contribution is -0.141. The minimum Gasteiger partial charge on any atom is -0.373 e. The van der Waals surface area contributed by atoms with Crippen LogP contribution in [0.3, 0.4) is 0 Å². The number of hydrogen-bond acceptors (Lipinski definition) is 5. The Morgan fingerprint density at radius 3 is 2.58 bits per heavy atom. The monoisotopic (exact) mass is 493 g/mol. The molecule has 2 aliphatic rings. The predicted molar refractivity (Wildman–Crippen MR) is 128 cm³/mol. The minimum absolute atomic E-state index is 0.0716. The number of ether oxygens (including phenoxy) is 1. The van der Waals surface area contributed by atoms with Gasteiger partial charge in [0.2, 0.25) is 0 Å². The summed E-state index contributed by atoms with van der Waals surface area (Å²) in [5.74, 6) is 0.127. The molecule has 1 saturated heterocycles. The van der Waals surface area contributed by atoms with E-state index in [1.54, 1.807) is 0 Å². The quantitative estimate of drug-likeness (QED) is 0.325. The summed E-state index contributed by atoms with van der Waals surface area (Å²) in [7, 11) is 0. The fraction of sp³-hybridized carbons (Fsp3) is 0.407. The van der Waals surface area contributed by atoms with Gasteiger partial charge in [0.05, 0.1) is 18.3 Å². The molecule has 0 amide bonds. The van der Waals surface area contributed by atoms with E-state index in [0.29, 0.717) is 23.9 Å². The third kappa shape index (κ3) is 4.36. The molecule has 0 aromatic carbocycles.